The van der Waals surface area contributed by atoms with Crippen LogP contribution in [-0.2, 0) is 9.47 Å². The van der Waals surface area contributed by atoms with Crippen molar-refractivity contribution >= 4 is 23.4 Å². The SMILES string of the molecule is COC[C@H]1O[C@@H](n2cnc3c(=S)nc[nH]c32)[C@H](O)[C@@H]1O. The second-order valence-corrected chi connectivity index (χ2v) is 4.95. The van der Waals surface area contributed by atoms with Crippen LogP contribution in [0.5, 0.6) is 0 Å². The summed E-state index contributed by atoms with van der Waals surface area (Å²) >= 11 is 5.08. The van der Waals surface area contributed by atoms with Gasteiger partial charge in [-0.1, -0.05) is 12.2 Å². The molecule has 0 saturated carbocycles. The molecule has 0 amide bonds. The summed E-state index contributed by atoms with van der Waals surface area (Å²) < 4.78 is 12.6. The quantitative estimate of drug-likeness (QED) is 0.671. The smallest absolute Gasteiger partial charge is 0.165 e. The van der Waals surface area contributed by atoms with E-state index in [0.717, 1.165) is 0 Å². The molecule has 8 nitrogen and oxygen atoms in total. The zero-order chi connectivity index (χ0) is 14.3. The number of aliphatic hydroxyl groups excluding tert-OH is 2. The van der Waals surface area contributed by atoms with Crippen LogP contribution in [0.25, 0.3) is 11.2 Å². The van der Waals surface area contributed by atoms with Crippen molar-refractivity contribution in [1.29, 1.82) is 0 Å². The summed E-state index contributed by atoms with van der Waals surface area (Å²) in [5.41, 5.74) is 1.10. The predicted octanol–water partition coefficient (Wildman–Crippen LogP) is -0.246. The normalized spacial score (nSPS) is 30.1. The Morgan fingerprint density at radius 3 is 3.00 bits per heavy atom. The fourth-order valence-corrected chi connectivity index (χ4v) is 2.53. The molecule has 0 spiro atoms. The number of imidazole rings is 1. The van der Waals surface area contributed by atoms with E-state index in [1.54, 1.807) is 4.57 Å². The molecule has 1 saturated heterocycles. The van der Waals surface area contributed by atoms with Crippen LogP contribution in [0.3, 0.4) is 0 Å². The Kier molecular flexibility index (Phi) is 3.52. The van der Waals surface area contributed by atoms with Gasteiger partial charge in [0.05, 0.1) is 19.3 Å². The van der Waals surface area contributed by atoms with Crippen molar-refractivity contribution in [3.63, 3.8) is 0 Å². The molecule has 4 atom stereocenters. The molecule has 3 N–H and O–H groups in total. The lowest BCUT2D eigenvalue weighted by Crippen LogP contribution is -2.33. The number of aromatic amines is 1. The molecular formula is C11H14N4O4S. The second kappa shape index (κ2) is 5.19. The van der Waals surface area contributed by atoms with Crippen LogP contribution >= 0.6 is 12.2 Å². The summed E-state index contributed by atoms with van der Waals surface area (Å²) in [7, 11) is 1.51. The lowest BCUT2D eigenvalue weighted by molar-refractivity contribution is -0.0580. The molecule has 0 bridgehead atoms. The highest BCUT2D eigenvalue weighted by molar-refractivity contribution is 7.71. The molecule has 0 aromatic carbocycles. The second-order valence-electron chi connectivity index (χ2n) is 4.56. The van der Waals surface area contributed by atoms with E-state index < -0.39 is 24.5 Å². The largest absolute Gasteiger partial charge is 0.387 e. The van der Waals surface area contributed by atoms with Gasteiger partial charge in [-0.3, -0.25) is 4.57 Å². The molecule has 2 aromatic rings. The van der Waals surface area contributed by atoms with Gasteiger partial charge in [0, 0.05) is 7.11 Å². The molecule has 1 aliphatic heterocycles. The lowest BCUT2D eigenvalue weighted by Gasteiger charge is -2.16. The summed E-state index contributed by atoms with van der Waals surface area (Å²) in [5, 5.41) is 20.1. The molecule has 3 heterocycles. The third kappa shape index (κ3) is 2.03. The van der Waals surface area contributed by atoms with Gasteiger partial charge in [-0.05, 0) is 0 Å². The number of fused-ring (bicyclic) bond motifs is 1. The van der Waals surface area contributed by atoms with Gasteiger partial charge < -0.3 is 24.7 Å². The van der Waals surface area contributed by atoms with Crippen LogP contribution < -0.4 is 0 Å². The van der Waals surface area contributed by atoms with Gasteiger partial charge in [-0.2, -0.15) is 0 Å². The molecule has 0 radical (unpaired) electrons. The number of H-pyrrole nitrogens is 1. The van der Waals surface area contributed by atoms with Gasteiger partial charge in [0.2, 0.25) is 0 Å². The van der Waals surface area contributed by atoms with Gasteiger partial charge in [-0.25, -0.2) is 9.97 Å². The van der Waals surface area contributed by atoms with E-state index in [2.05, 4.69) is 15.0 Å². The molecule has 108 valence electrons. The van der Waals surface area contributed by atoms with Crippen molar-refractivity contribution < 1.29 is 19.7 Å². The number of rotatable bonds is 3. The van der Waals surface area contributed by atoms with Crippen molar-refractivity contribution in [2.24, 2.45) is 0 Å². The fourth-order valence-electron chi connectivity index (χ4n) is 2.33. The Bertz CT molecular complexity index is 672. The Balaban J connectivity index is 1.99. The topological polar surface area (TPSA) is 105 Å². The average molecular weight is 298 g/mol. The highest BCUT2D eigenvalue weighted by Gasteiger charge is 2.44. The van der Waals surface area contributed by atoms with E-state index in [9.17, 15) is 10.2 Å². The first kappa shape index (κ1) is 13.6. The molecule has 2 aromatic heterocycles. The van der Waals surface area contributed by atoms with Crippen LogP contribution in [0, 0.1) is 4.64 Å². The Morgan fingerprint density at radius 1 is 1.45 bits per heavy atom. The Hall–Kier alpha value is -1.39. The molecular weight excluding hydrogens is 284 g/mol. The van der Waals surface area contributed by atoms with E-state index in [1.807, 2.05) is 0 Å². The number of hydrogen-bond acceptors (Lipinski definition) is 7. The number of ether oxygens (including phenoxy) is 2. The first-order valence-electron chi connectivity index (χ1n) is 6.04. The minimum Gasteiger partial charge on any atom is -0.387 e. The number of hydrogen-bond donors (Lipinski definition) is 3. The molecule has 3 rings (SSSR count). The van der Waals surface area contributed by atoms with Crippen molar-refractivity contribution in [2.75, 3.05) is 13.7 Å². The van der Waals surface area contributed by atoms with Crippen LogP contribution in [0.4, 0.5) is 0 Å². The number of nitrogens with zero attached hydrogens (tertiary/aromatic N) is 3. The van der Waals surface area contributed by atoms with E-state index in [-0.39, 0.29) is 6.61 Å². The van der Waals surface area contributed by atoms with Crippen molar-refractivity contribution in [2.45, 2.75) is 24.5 Å². The van der Waals surface area contributed by atoms with Crippen molar-refractivity contribution in [3.8, 4) is 0 Å². The average Bonchev–Trinajstić information content (AvgIpc) is 2.97. The minimum absolute atomic E-state index is 0.193. The highest BCUT2D eigenvalue weighted by atomic mass is 32.1. The maximum atomic E-state index is 10.1. The van der Waals surface area contributed by atoms with Gasteiger partial charge >= 0.3 is 0 Å². The summed E-state index contributed by atoms with van der Waals surface area (Å²) in [6.45, 7) is 0.193. The van der Waals surface area contributed by atoms with Gasteiger partial charge in [-0.15, -0.1) is 0 Å². The zero-order valence-corrected chi connectivity index (χ0v) is 11.4. The van der Waals surface area contributed by atoms with E-state index in [0.29, 0.717) is 15.8 Å². The Labute approximate surface area is 119 Å². The van der Waals surface area contributed by atoms with Crippen molar-refractivity contribution in [3.05, 3.63) is 17.3 Å². The first-order chi connectivity index (χ1) is 9.63. The Morgan fingerprint density at radius 2 is 2.25 bits per heavy atom. The van der Waals surface area contributed by atoms with Gasteiger partial charge in [0.15, 0.2) is 10.9 Å². The maximum Gasteiger partial charge on any atom is 0.165 e. The van der Waals surface area contributed by atoms with E-state index in [4.69, 9.17) is 21.7 Å². The number of nitrogens with one attached hydrogen (secondary N) is 1. The van der Waals surface area contributed by atoms with E-state index >= 15 is 0 Å². The first-order valence-corrected chi connectivity index (χ1v) is 6.45. The number of aliphatic hydroxyl groups is 2. The minimum atomic E-state index is -1.08. The maximum absolute atomic E-state index is 10.1. The summed E-state index contributed by atoms with van der Waals surface area (Å²) in [6, 6.07) is 0. The predicted molar refractivity (Wildman–Crippen MR) is 70.5 cm³/mol. The summed E-state index contributed by atoms with van der Waals surface area (Å²) in [4.78, 5) is 11.0. The standard InChI is InChI=1S/C11H14N4O4S/c1-18-2-5-7(16)8(17)11(19-5)15-4-14-6-9(15)12-3-13-10(6)20/h3-5,7-8,11,16-17H,2H2,1H3,(H,12,13,20)/t5-,7-,8-,11-/m1/s1. The molecule has 1 fully saturated rings. The zero-order valence-electron chi connectivity index (χ0n) is 10.6. The third-order valence-corrected chi connectivity index (χ3v) is 3.62. The number of aromatic nitrogens is 4. The van der Waals surface area contributed by atoms with Crippen LogP contribution in [0.2, 0.25) is 0 Å². The van der Waals surface area contributed by atoms with Crippen LogP contribution in [-0.4, -0.2) is 61.8 Å². The monoisotopic (exact) mass is 298 g/mol. The molecule has 0 unspecified atom stereocenters. The third-order valence-electron chi connectivity index (χ3n) is 3.32. The molecule has 0 aliphatic carbocycles. The summed E-state index contributed by atoms with van der Waals surface area (Å²) in [5.74, 6) is 0. The summed E-state index contributed by atoms with van der Waals surface area (Å²) in [6.07, 6.45) is -0.517. The van der Waals surface area contributed by atoms with E-state index in [1.165, 1.54) is 19.8 Å². The fraction of sp³-hybridized carbons (Fsp3) is 0.545. The molecule has 1 aliphatic rings. The van der Waals surface area contributed by atoms with Crippen LogP contribution in [0.15, 0.2) is 12.7 Å². The number of methoxy groups -OCH3 is 1. The van der Waals surface area contributed by atoms with Crippen LogP contribution in [0.1, 0.15) is 6.23 Å². The van der Waals surface area contributed by atoms with Gasteiger partial charge in [0.25, 0.3) is 0 Å². The highest BCUT2D eigenvalue weighted by Crippen LogP contribution is 2.31. The molecule has 9 heteroatoms. The lowest BCUT2D eigenvalue weighted by atomic mass is 10.1. The van der Waals surface area contributed by atoms with Crippen molar-refractivity contribution in [1.82, 2.24) is 19.5 Å². The van der Waals surface area contributed by atoms with Gasteiger partial charge in [0.1, 0.15) is 29.5 Å². The molecule has 20 heavy (non-hydrogen) atoms.